The van der Waals surface area contributed by atoms with Gasteiger partial charge in [-0.05, 0) is 42.8 Å². The van der Waals surface area contributed by atoms with E-state index >= 15 is 0 Å². The number of alkyl halides is 3. The van der Waals surface area contributed by atoms with Crippen molar-refractivity contribution in [1.82, 2.24) is 5.32 Å². The minimum atomic E-state index is -4.44. The van der Waals surface area contributed by atoms with Gasteiger partial charge in [0.1, 0.15) is 6.04 Å². The fourth-order valence-corrected chi connectivity index (χ4v) is 2.06. The van der Waals surface area contributed by atoms with Crippen LogP contribution in [0.15, 0.2) is 60.7 Å². The highest BCUT2D eigenvalue weighted by molar-refractivity contribution is 5.99. The van der Waals surface area contributed by atoms with E-state index in [1.54, 1.807) is 6.08 Å². The molecule has 0 aliphatic heterocycles. The largest absolute Gasteiger partial charge is 0.416 e. The molecule has 136 valence electrons. The summed E-state index contributed by atoms with van der Waals surface area (Å²) in [4.78, 5) is 23.9. The van der Waals surface area contributed by atoms with E-state index in [1.807, 2.05) is 30.3 Å². The van der Waals surface area contributed by atoms with Gasteiger partial charge in [0.2, 0.25) is 11.8 Å². The lowest BCUT2D eigenvalue weighted by Gasteiger charge is -2.13. The average molecular weight is 362 g/mol. The normalized spacial score (nSPS) is 12.6. The van der Waals surface area contributed by atoms with E-state index in [1.165, 1.54) is 13.0 Å². The second kappa shape index (κ2) is 8.33. The molecule has 2 rings (SSSR count). The number of halogens is 3. The van der Waals surface area contributed by atoms with Crippen molar-refractivity contribution in [1.29, 1.82) is 0 Å². The predicted octanol–water partition coefficient (Wildman–Crippen LogP) is 3.86. The molecule has 0 aliphatic rings. The third kappa shape index (κ3) is 5.77. The molecule has 0 aliphatic carbocycles. The highest BCUT2D eigenvalue weighted by Crippen LogP contribution is 2.29. The third-order valence-electron chi connectivity index (χ3n) is 3.46. The topological polar surface area (TPSA) is 58.2 Å². The van der Waals surface area contributed by atoms with E-state index in [-0.39, 0.29) is 5.69 Å². The molecule has 0 fully saturated rings. The minimum absolute atomic E-state index is 0.212. The summed E-state index contributed by atoms with van der Waals surface area (Å²) in [7, 11) is 0. The van der Waals surface area contributed by atoms with Gasteiger partial charge >= 0.3 is 6.18 Å². The summed E-state index contributed by atoms with van der Waals surface area (Å²) in [5.41, 5.74) is 0.247. The molecular weight excluding hydrogens is 345 g/mol. The highest BCUT2D eigenvalue weighted by Gasteiger charge is 2.30. The van der Waals surface area contributed by atoms with Crippen molar-refractivity contribution in [3.05, 3.63) is 71.8 Å². The molecule has 0 heterocycles. The van der Waals surface area contributed by atoms with Crippen molar-refractivity contribution < 1.29 is 22.8 Å². The van der Waals surface area contributed by atoms with E-state index < -0.39 is 29.6 Å². The maximum absolute atomic E-state index is 12.5. The number of amides is 2. The lowest BCUT2D eigenvalue weighted by molar-refractivity contribution is -0.137. The third-order valence-corrected chi connectivity index (χ3v) is 3.46. The first kappa shape index (κ1) is 19.2. The lowest BCUT2D eigenvalue weighted by atomic mass is 10.2. The van der Waals surface area contributed by atoms with Crippen LogP contribution in [0.3, 0.4) is 0 Å². The Hall–Kier alpha value is -3.09. The number of benzene rings is 2. The standard InChI is InChI=1S/C19H17F3N2O2/c1-13(23-17(25)12-7-14-5-3-2-4-6-14)18(26)24-16-10-8-15(9-11-16)19(20,21)22/h2-13H,1H3,(H,23,25)(H,24,26)/b12-7+. The Bertz CT molecular complexity index is 785. The zero-order valence-corrected chi connectivity index (χ0v) is 13.9. The second-order valence-corrected chi connectivity index (χ2v) is 5.54. The van der Waals surface area contributed by atoms with Gasteiger partial charge in [-0.3, -0.25) is 9.59 Å². The van der Waals surface area contributed by atoms with Crippen LogP contribution in [-0.4, -0.2) is 17.9 Å². The van der Waals surface area contributed by atoms with Crippen LogP contribution in [0.2, 0.25) is 0 Å². The number of hydrogen-bond acceptors (Lipinski definition) is 2. The van der Waals surface area contributed by atoms with Crippen LogP contribution >= 0.6 is 0 Å². The van der Waals surface area contributed by atoms with E-state index in [0.717, 1.165) is 29.8 Å². The molecule has 2 aromatic carbocycles. The highest BCUT2D eigenvalue weighted by atomic mass is 19.4. The Labute approximate surface area is 148 Å². The SMILES string of the molecule is CC(NC(=O)/C=C/c1ccccc1)C(=O)Nc1ccc(C(F)(F)F)cc1. The molecular formula is C19H17F3N2O2. The zero-order chi connectivity index (χ0) is 19.2. The predicted molar refractivity (Wildman–Crippen MR) is 93.2 cm³/mol. The van der Waals surface area contributed by atoms with Crippen molar-refractivity contribution >= 4 is 23.6 Å². The van der Waals surface area contributed by atoms with Gasteiger partial charge in [0.05, 0.1) is 5.56 Å². The first-order valence-corrected chi connectivity index (χ1v) is 7.77. The Morgan fingerprint density at radius 3 is 2.19 bits per heavy atom. The fraction of sp³-hybridized carbons (Fsp3) is 0.158. The first-order valence-electron chi connectivity index (χ1n) is 7.77. The molecule has 0 saturated heterocycles. The summed E-state index contributed by atoms with van der Waals surface area (Å²) >= 11 is 0. The Morgan fingerprint density at radius 2 is 1.62 bits per heavy atom. The number of anilines is 1. The van der Waals surface area contributed by atoms with Crippen LogP contribution in [0.1, 0.15) is 18.1 Å². The number of hydrogen-bond donors (Lipinski definition) is 2. The van der Waals surface area contributed by atoms with E-state index in [2.05, 4.69) is 10.6 Å². The zero-order valence-electron chi connectivity index (χ0n) is 13.9. The van der Waals surface area contributed by atoms with Gasteiger partial charge < -0.3 is 10.6 Å². The monoisotopic (exact) mass is 362 g/mol. The van der Waals surface area contributed by atoms with Gasteiger partial charge in [-0.25, -0.2) is 0 Å². The molecule has 7 heteroatoms. The van der Waals surface area contributed by atoms with E-state index in [0.29, 0.717) is 0 Å². The second-order valence-electron chi connectivity index (χ2n) is 5.54. The summed E-state index contributed by atoms with van der Waals surface area (Å²) in [5, 5.41) is 4.94. The van der Waals surface area contributed by atoms with Crippen LogP contribution < -0.4 is 10.6 Å². The van der Waals surface area contributed by atoms with Gasteiger partial charge in [-0.1, -0.05) is 30.3 Å². The lowest BCUT2D eigenvalue weighted by Crippen LogP contribution is -2.40. The fourth-order valence-electron chi connectivity index (χ4n) is 2.06. The number of rotatable bonds is 5. The maximum atomic E-state index is 12.5. The Morgan fingerprint density at radius 1 is 1.00 bits per heavy atom. The Kier molecular flexibility index (Phi) is 6.16. The molecule has 0 spiro atoms. The molecule has 0 bridgehead atoms. The Balaban J connectivity index is 1.89. The van der Waals surface area contributed by atoms with Gasteiger partial charge in [0.25, 0.3) is 0 Å². The molecule has 26 heavy (non-hydrogen) atoms. The van der Waals surface area contributed by atoms with Crippen molar-refractivity contribution in [2.45, 2.75) is 19.1 Å². The summed E-state index contributed by atoms with van der Waals surface area (Å²) in [6, 6.07) is 12.4. The van der Waals surface area contributed by atoms with Crippen LogP contribution in [0, 0.1) is 0 Å². The minimum Gasteiger partial charge on any atom is -0.341 e. The van der Waals surface area contributed by atoms with Gasteiger partial charge in [-0.15, -0.1) is 0 Å². The maximum Gasteiger partial charge on any atom is 0.416 e. The van der Waals surface area contributed by atoms with Gasteiger partial charge in [0.15, 0.2) is 0 Å². The molecule has 0 aromatic heterocycles. The van der Waals surface area contributed by atoms with E-state index in [9.17, 15) is 22.8 Å². The molecule has 4 nitrogen and oxygen atoms in total. The molecule has 0 saturated carbocycles. The summed E-state index contributed by atoms with van der Waals surface area (Å²) in [5.74, 6) is -0.991. The van der Waals surface area contributed by atoms with Crippen molar-refractivity contribution in [2.24, 2.45) is 0 Å². The number of nitrogens with one attached hydrogen (secondary N) is 2. The number of carbonyl (C=O) groups excluding carboxylic acids is 2. The summed E-state index contributed by atoms with van der Waals surface area (Å²) in [6.07, 6.45) is -1.53. The van der Waals surface area contributed by atoms with Crippen LogP contribution in [0.4, 0.5) is 18.9 Å². The summed E-state index contributed by atoms with van der Waals surface area (Å²) < 4.78 is 37.5. The van der Waals surface area contributed by atoms with Crippen molar-refractivity contribution in [2.75, 3.05) is 5.32 Å². The van der Waals surface area contributed by atoms with Gasteiger partial charge in [-0.2, -0.15) is 13.2 Å². The van der Waals surface area contributed by atoms with Crippen molar-refractivity contribution in [3.63, 3.8) is 0 Å². The average Bonchev–Trinajstić information content (AvgIpc) is 2.60. The molecule has 2 amide bonds. The molecule has 2 aromatic rings. The molecule has 0 radical (unpaired) electrons. The summed E-state index contributed by atoms with van der Waals surface area (Å²) in [6.45, 7) is 1.48. The van der Waals surface area contributed by atoms with Crippen molar-refractivity contribution in [3.8, 4) is 0 Å². The smallest absolute Gasteiger partial charge is 0.341 e. The molecule has 1 unspecified atom stereocenters. The van der Waals surface area contributed by atoms with Crippen LogP contribution in [0.5, 0.6) is 0 Å². The van der Waals surface area contributed by atoms with E-state index in [4.69, 9.17) is 0 Å². The quantitative estimate of drug-likeness (QED) is 0.794. The van der Waals surface area contributed by atoms with Crippen LogP contribution in [-0.2, 0) is 15.8 Å². The van der Waals surface area contributed by atoms with Crippen LogP contribution in [0.25, 0.3) is 6.08 Å². The first-order chi connectivity index (χ1) is 12.3. The molecule has 1 atom stereocenters. The molecule has 2 N–H and O–H groups in total. The number of carbonyl (C=O) groups is 2. The van der Waals surface area contributed by atoms with Gasteiger partial charge in [0, 0.05) is 11.8 Å².